The van der Waals surface area contributed by atoms with Crippen molar-refractivity contribution >= 4 is 49.8 Å². The molecular formula is C46H29NO2. The molecule has 3 heteroatoms. The maximum atomic E-state index is 6.67. The number of nitrogens with zero attached hydrogens (tertiary/aromatic N) is 1. The highest BCUT2D eigenvalue weighted by atomic mass is 16.5. The number of ether oxygens (including phenoxy) is 1. The largest absolute Gasteiger partial charge is 0.456 e. The Kier molecular flexibility index (Phi) is 6.18. The molecule has 0 radical (unpaired) electrons. The number of benzene rings is 8. The van der Waals surface area contributed by atoms with E-state index in [2.05, 4.69) is 169 Å². The van der Waals surface area contributed by atoms with E-state index in [0.29, 0.717) is 0 Å². The molecule has 0 atom stereocenters. The smallest absolute Gasteiger partial charge is 0.136 e. The monoisotopic (exact) mass is 627 g/mol. The molecule has 0 saturated heterocycles. The van der Waals surface area contributed by atoms with E-state index in [0.717, 1.165) is 72.4 Å². The minimum absolute atomic E-state index is 0.866. The summed E-state index contributed by atoms with van der Waals surface area (Å²) in [6.45, 7) is 0. The van der Waals surface area contributed by atoms with Gasteiger partial charge in [-0.3, -0.25) is 0 Å². The third-order valence-corrected chi connectivity index (χ3v) is 9.65. The molecule has 0 aliphatic carbocycles. The van der Waals surface area contributed by atoms with Gasteiger partial charge >= 0.3 is 0 Å². The topological polar surface area (TPSA) is 25.6 Å². The van der Waals surface area contributed by atoms with Crippen LogP contribution in [0.5, 0.6) is 11.5 Å². The van der Waals surface area contributed by atoms with Crippen LogP contribution in [0.3, 0.4) is 0 Å². The molecule has 1 aromatic heterocycles. The van der Waals surface area contributed by atoms with E-state index in [9.17, 15) is 0 Å². The Balaban J connectivity index is 1.15. The van der Waals surface area contributed by atoms with E-state index in [1.54, 1.807) is 0 Å². The third-order valence-electron chi connectivity index (χ3n) is 9.65. The molecule has 0 fully saturated rings. The molecule has 0 spiro atoms. The van der Waals surface area contributed by atoms with E-state index in [-0.39, 0.29) is 0 Å². The van der Waals surface area contributed by atoms with Crippen LogP contribution >= 0.6 is 0 Å². The van der Waals surface area contributed by atoms with Crippen LogP contribution in [0, 0.1) is 0 Å². The van der Waals surface area contributed by atoms with Gasteiger partial charge in [0.2, 0.25) is 0 Å². The average molecular weight is 628 g/mol. The third kappa shape index (κ3) is 4.51. The van der Waals surface area contributed by atoms with Crippen molar-refractivity contribution in [1.82, 2.24) is 0 Å². The molecule has 0 unspecified atom stereocenters. The molecule has 230 valence electrons. The van der Waals surface area contributed by atoms with Gasteiger partial charge in [0.1, 0.15) is 22.7 Å². The Morgan fingerprint density at radius 3 is 1.78 bits per heavy atom. The van der Waals surface area contributed by atoms with Crippen LogP contribution in [-0.4, -0.2) is 0 Å². The van der Waals surface area contributed by atoms with E-state index >= 15 is 0 Å². The number of hydrogen-bond acceptors (Lipinski definition) is 3. The lowest BCUT2D eigenvalue weighted by Crippen LogP contribution is -2.11. The van der Waals surface area contributed by atoms with Gasteiger partial charge in [0, 0.05) is 38.5 Å². The molecule has 3 nitrogen and oxygen atoms in total. The van der Waals surface area contributed by atoms with Crippen molar-refractivity contribution in [3.8, 4) is 44.9 Å². The molecular weight excluding hydrogens is 599 g/mol. The SMILES string of the molecule is c1ccc(-c2ccc3c(c2)Oc2ccc(N(c4ccccc4)c4ccc5oc6ccc(-c7ccccc7)cc6c5c4)c4cccc-3c24)cc1. The quantitative estimate of drug-likeness (QED) is 0.190. The fourth-order valence-corrected chi connectivity index (χ4v) is 7.34. The van der Waals surface area contributed by atoms with Gasteiger partial charge in [-0.15, -0.1) is 0 Å². The van der Waals surface area contributed by atoms with Crippen molar-refractivity contribution in [3.63, 3.8) is 0 Å². The Morgan fingerprint density at radius 1 is 0.367 bits per heavy atom. The fourth-order valence-electron chi connectivity index (χ4n) is 7.34. The molecule has 9 aromatic rings. The second-order valence-electron chi connectivity index (χ2n) is 12.5. The Morgan fingerprint density at radius 2 is 1.02 bits per heavy atom. The molecule has 0 bridgehead atoms. The van der Waals surface area contributed by atoms with Crippen LogP contribution in [0.1, 0.15) is 0 Å². The molecule has 49 heavy (non-hydrogen) atoms. The zero-order valence-corrected chi connectivity index (χ0v) is 26.5. The maximum absolute atomic E-state index is 6.67. The van der Waals surface area contributed by atoms with Crippen LogP contribution < -0.4 is 9.64 Å². The van der Waals surface area contributed by atoms with Gasteiger partial charge in [0.05, 0.1) is 5.69 Å². The highest BCUT2D eigenvalue weighted by molar-refractivity contribution is 6.12. The summed E-state index contributed by atoms with van der Waals surface area (Å²) in [7, 11) is 0. The van der Waals surface area contributed by atoms with Crippen molar-refractivity contribution in [2.45, 2.75) is 0 Å². The summed E-state index contributed by atoms with van der Waals surface area (Å²) in [6, 6.07) is 61.9. The Labute approximate surface area is 283 Å². The number of hydrogen-bond donors (Lipinski definition) is 0. The highest BCUT2D eigenvalue weighted by Gasteiger charge is 2.25. The van der Waals surface area contributed by atoms with E-state index in [4.69, 9.17) is 9.15 Å². The normalized spacial score (nSPS) is 11.8. The lowest BCUT2D eigenvalue weighted by Gasteiger charge is -2.29. The number of furan rings is 1. The lowest BCUT2D eigenvalue weighted by atomic mass is 9.92. The number of fused-ring (bicyclic) bond motifs is 5. The predicted molar refractivity (Wildman–Crippen MR) is 202 cm³/mol. The van der Waals surface area contributed by atoms with Gasteiger partial charge in [-0.2, -0.15) is 0 Å². The van der Waals surface area contributed by atoms with E-state index in [1.165, 1.54) is 22.3 Å². The molecule has 1 aliphatic heterocycles. The molecule has 10 rings (SSSR count). The molecule has 2 heterocycles. The van der Waals surface area contributed by atoms with Crippen LogP contribution in [0.4, 0.5) is 17.1 Å². The Hall–Kier alpha value is -6.58. The molecule has 0 N–H and O–H groups in total. The summed E-state index contributed by atoms with van der Waals surface area (Å²) in [5.74, 6) is 1.74. The summed E-state index contributed by atoms with van der Waals surface area (Å²) in [6.07, 6.45) is 0. The van der Waals surface area contributed by atoms with Crippen LogP contribution in [0.2, 0.25) is 0 Å². The van der Waals surface area contributed by atoms with Crippen LogP contribution in [0.25, 0.3) is 66.1 Å². The summed E-state index contributed by atoms with van der Waals surface area (Å²) < 4.78 is 13.0. The number of para-hydroxylation sites is 1. The average Bonchev–Trinajstić information content (AvgIpc) is 3.54. The second-order valence-corrected chi connectivity index (χ2v) is 12.5. The first-order valence-electron chi connectivity index (χ1n) is 16.6. The van der Waals surface area contributed by atoms with Crippen molar-refractivity contribution in [2.24, 2.45) is 0 Å². The van der Waals surface area contributed by atoms with Gasteiger partial charge < -0.3 is 14.1 Å². The summed E-state index contributed by atoms with van der Waals surface area (Å²) in [5, 5.41) is 4.42. The van der Waals surface area contributed by atoms with E-state index in [1.807, 2.05) is 12.1 Å². The van der Waals surface area contributed by atoms with Crippen molar-refractivity contribution in [2.75, 3.05) is 4.90 Å². The highest BCUT2D eigenvalue weighted by Crippen LogP contribution is 2.51. The minimum Gasteiger partial charge on any atom is -0.456 e. The predicted octanol–water partition coefficient (Wildman–Crippen LogP) is 13.3. The molecule has 0 amide bonds. The van der Waals surface area contributed by atoms with Crippen LogP contribution in [0.15, 0.2) is 180 Å². The first-order valence-corrected chi connectivity index (χ1v) is 16.6. The summed E-state index contributed by atoms with van der Waals surface area (Å²) in [5.41, 5.74) is 11.9. The zero-order valence-electron chi connectivity index (χ0n) is 26.5. The standard InChI is InChI=1S/C46H29NO2/c1-4-11-30(12-5-1)32-20-24-42-39(27-32)40-29-35(21-25-43(40)48-42)47(34-15-8-3-9-16-34)41-23-26-44-46-37(17-10-18-38(41)46)36-22-19-33(28-45(36)49-44)31-13-6-2-7-14-31/h1-29H. The van der Waals surface area contributed by atoms with Gasteiger partial charge in [0.25, 0.3) is 0 Å². The summed E-state index contributed by atoms with van der Waals surface area (Å²) >= 11 is 0. The Bertz CT molecular complexity index is 2680. The molecule has 0 saturated carbocycles. The fraction of sp³-hybridized carbons (Fsp3) is 0. The second kappa shape index (κ2) is 11.0. The molecule has 8 aromatic carbocycles. The van der Waals surface area contributed by atoms with Crippen LogP contribution in [-0.2, 0) is 0 Å². The zero-order chi connectivity index (χ0) is 32.3. The summed E-state index contributed by atoms with van der Waals surface area (Å²) in [4.78, 5) is 2.34. The number of rotatable bonds is 5. The van der Waals surface area contributed by atoms with Crippen molar-refractivity contribution in [3.05, 3.63) is 176 Å². The van der Waals surface area contributed by atoms with Gasteiger partial charge in [-0.25, -0.2) is 0 Å². The first kappa shape index (κ1) is 27.5. The first-order chi connectivity index (χ1) is 24.3. The lowest BCUT2D eigenvalue weighted by molar-refractivity contribution is 0.487. The van der Waals surface area contributed by atoms with E-state index < -0.39 is 0 Å². The minimum atomic E-state index is 0.866. The van der Waals surface area contributed by atoms with Crippen molar-refractivity contribution in [1.29, 1.82) is 0 Å². The van der Waals surface area contributed by atoms with Gasteiger partial charge in [0.15, 0.2) is 0 Å². The number of anilines is 3. The van der Waals surface area contributed by atoms with Gasteiger partial charge in [-0.1, -0.05) is 109 Å². The molecule has 1 aliphatic rings. The van der Waals surface area contributed by atoms with Gasteiger partial charge in [-0.05, 0) is 94.5 Å². The van der Waals surface area contributed by atoms with Crippen molar-refractivity contribution < 1.29 is 9.15 Å². The maximum Gasteiger partial charge on any atom is 0.136 e.